The molecule has 0 spiro atoms. The fourth-order valence-electron chi connectivity index (χ4n) is 1.61. The third-order valence-electron chi connectivity index (χ3n) is 3.11. The second kappa shape index (κ2) is 7.06. The highest BCUT2D eigenvalue weighted by molar-refractivity contribution is 6.30. The Labute approximate surface area is 142 Å². The van der Waals surface area contributed by atoms with E-state index in [9.17, 15) is 70.2 Å². The maximum atomic E-state index is 13.6. The Balaban J connectivity index is 6.76. The number of allylic oxidation sites excluding steroid dienone is 1. The summed E-state index contributed by atoms with van der Waals surface area (Å²) in [6, 6.07) is 0. The molecule has 0 fully saturated rings. The predicted octanol–water partition coefficient (Wildman–Crippen LogP) is 6.45. The summed E-state index contributed by atoms with van der Waals surface area (Å²) in [4.78, 5) is 0. The average Bonchev–Trinajstić information content (AvgIpc) is 2.48. The molecular formula is C10H3ClF16. The molecule has 2 atom stereocenters. The summed E-state index contributed by atoms with van der Waals surface area (Å²) < 4.78 is 204. The van der Waals surface area contributed by atoms with Crippen LogP contribution in [0, 0.1) is 0 Å². The van der Waals surface area contributed by atoms with Gasteiger partial charge in [-0.25, -0.2) is 26.3 Å². The minimum Gasteiger partial charge on any atom is -0.234 e. The molecule has 17 heteroatoms. The van der Waals surface area contributed by atoms with Crippen molar-refractivity contribution in [3.05, 3.63) is 11.4 Å². The molecular weight excluding hydrogens is 460 g/mol. The zero-order valence-electron chi connectivity index (χ0n) is 11.7. The summed E-state index contributed by atoms with van der Waals surface area (Å²) in [5.74, 6) is -15.2. The van der Waals surface area contributed by atoms with E-state index >= 15 is 0 Å². The third-order valence-corrected chi connectivity index (χ3v) is 3.46. The lowest BCUT2D eigenvalue weighted by Gasteiger charge is -2.42. The molecule has 0 radical (unpaired) electrons. The summed E-state index contributed by atoms with van der Waals surface area (Å²) in [6.07, 6.45) is -29.3. The van der Waals surface area contributed by atoms with Crippen molar-refractivity contribution in [3.63, 3.8) is 0 Å². The molecule has 0 rings (SSSR count). The van der Waals surface area contributed by atoms with E-state index in [-0.39, 0.29) is 0 Å². The van der Waals surface area contributed by atoms with Crippen LogP contribution in [0.1, 0.15) is 0 Å². The lowest BCUT2D eigenvalue weighted by Crippen LogP contribution is -2.72. The van der Waals surface area contributed by atoms with Crippen LogP contribution in [0.3, 0.4) is 0 Å². The maximum absolute atomic E-state index is 13.6. The number of hydrogen-bond donors (Lipinski definition) is 0. The number of alkyl halides is 15. The highest BCUT2D eigenvalue weighted by Crippen LogP contribution is 2.60. The molecule has 0 aliphatic heterocycles. The molecule has 0 nitrogen and oxygen atoms in total. The van der Waals surface area contributed by atoms with Gasteiger partial charge >= 0.3 is 29.9 Å². The zero-order chi connectivity index (χ0) is 22.4. The minimum atomic E-state index is -8.06. The SMILES string of the molecule is FC=C(Cl)C(F)(C(F)F)C(F)(F)C(F)C(F)(F)C(F)(C(F)(F)F)C(F)(F)F. The molecule has 0 N–H and O–H groups in total. The second-order valence-electron chi connectivity index (χ2n) is 4.73. The summed E-state index contributed by atoms with van der Waals surface area (Å²) in [7, 11) is 0. The van der Waals surface area contributed by atoms with Gasteiger partial charge in [0.1, 0.15) is 6.33 Å². The van der Waals surface area contributed by atoms with Crippen molar-refractivity contribution < 1.29 is 70.2 Å². The number of rotatable bonds is 6. The van der Waals surface area contributed by atoms with Crippen LogP contribution in [0.25, 0.3) is 0 Å². The molecule has 0 aromatic heterocycles. The van der Waals surface area contributed by atoms with Crippen molar-refractivity contribution in [1.82, 2.24) is 0 Å². The van der Waals surface area contributed by atoms with Gasteiger partial charge in [-0.05, 0) is 0 Å². The standard InChI is InChI=1S/C10H3ClF16/c11-2(1-12)5(16,4(14)15)6(17,18)3(13)7(19,20)8(21,9(22,23)24)10(25,26)27/h1,3-4H. The lowest BCUT2D eigenvalue weighted by atomic mass is 9.83. The largest absolute Gasteiger partial charge is 0.437 e. The molecule has 27 heavy (non-hydrogen) atoms. The highest BCUT2D eigenvalue weighted by Gasteiger charge is 2.89. The Morgan fingerprint density at radius 2 is 1.00 bits per heavy atom. The monoisotopic (exact) mass is 462 g/mol. The van der Waals surface area contributed by atoms with E-state index in [4.69, 9.17) is 0 Å². The van der Waals surface area contributed by atoms with E-state index in [2.05, 4.69) is 11.6 Å². The van der Waals surface area contributed by atoms with Crippen LogP contribution < -0.4 is 0 Å². The van der Waals surface area contributed by atoms with Gasteiger partial charge < -0.3 is 0 Å². The Morgan fingerprint density at radius 3 is 1.22 bits per heavy atom. The van der Waals surface area contributed by atoms with Gasteiger partial charge in [0.15, 0.2) is 0 Å². The van der Waals surface area contributed by atoms with Crippen LogP contribution in [0.2, 0.25) is 0 Å². The molecule has 0 aliphatic carbocycles. The van der Waals surface area contributed by atoms with Crippen molar-refractivity contribution in [1.29, 1.82) is 0 Å². The third kappa shape index (κ3) is 3.52. The first-order valence-electron chi connectivity index (χ1n) is 5.73. The summed E-state index contributed by atoms with van der Waals surface area (Å²) >= 11 is 4.24. The molecule has 0 aliphatic rings. The van der Waals surface area contributed by atoms with E-state index in [1.165, 1.54) is 0 Å². The minimum absolute atomic E-state index is 1.68. The first-order chi connectivity index (χ1) is 11.6. The highest BCUT2D eigenvalue weighted by atomic mass is 35.5. The summed E-state index contributed by atoms with van der Waals surface area (Å²) in [6.45, 7) is 0. The topological polar surface area (TPSA) is 0 Å². The van der Waals surface area contributed by atoms with E-state index in [0.29, 0.717) is 0 Å². The lowest BCUT2D eigenvalue weighted by molar-refractivity contribution is -0.416. The van der Waals surface area contributed by atoms with Gasteiger partial charge in [0, 0.05) is 0 Å². The van der Waals surface area contributed by atoms with Gasteiger partial charge in [0.2, 0.25) is 6.17 Å². The Morgan fingerprint density at radius 1 is 0.667 bits per heavy atom. The zero-order valence-corrected chi connectivity index (χ0v) is 12.4. The van der Waals surface area contributed by atoms with Crippen LogP contribution in [-0.2, 0) is 0 Å². The molecule has 0 amide bonds. The predicted molar refractivity (Wildman–Crippen MR) is 55.6 cm³/mol. The molecule has 2 unspecified atom stereocenters. The van der Waals surface area contributed by atoms with Crippen LogP contribution in [0.5, 0.6) is 0 Å². The molecule has 0 saturated heterocycles. The number of halogens is 17. The van der Waals surface area contributed by atoms with Crippen LogP contribution in [0.4, 0.5) is 70.2 Å². The molecule has 0 bridgehead atoms. The van der Waals surface area contributed by atoms with Gasteiger partial charge in [0.25, 0.3) is 12.1 Å². The smallest absolute Gasteiger partial charge is 0.234 e. The first-order valence-corrected chi connectivity index (χ1v) is 6.11. The Bertz CT molecular complexity index is 545. The summed E-state index contributed by atoms with van der Waals surface area (Å²) in [5.41, 5.74) is -14.4. The van der Waals surface area contributed by atoms with Gasteiger partial charge in [-0.2, -0.15) is 43.9 Å². The fraction of sp³-hybridized carbons (Fsp3) is 0.800. The van der Waals surface area contributed by atoms with E-state index < -0.39 is 59.5 Å². The van der Waals surface area contributed by atoms with Crippen LogP contribution in [0.15, 0.2) is 11.4 Å². The summed E-state index contributed by atoms with van der Waals surface area (Å²) in [5, 5.41) is -3.09. The van der Waals surface area contributed by atoms with E-state index in [1.54, 1.807) is 0 Å². The van der Waals surface area contributed by atoms with Crippen molar-refractivity contribution in [3.8, 4) is 0 Å². The Hall–Kier alpha value is -1.09. The average molecular weight is 463 g/mol. The number of hydrogen-bond acceptors (Lipinski definition) is 0. The van der Waals surface area contributed by atoms with Gasteiger partial charge in [0.05, 0.1) is 5.03 Å². The van der Waals surface area contributed by atoms with Gasteiger partial charge in [-0.3, -0.25) is 0 Å². The van der Waals surface area contributed by atoms with E-state index in [1.807, 2.05) is 0 Å². The van der Waals surface area contributed by atoms with Crippen LogP contribution in [-0.4, -0.2) is 48.1 Å². The molecule has 0 aromatic rings. The fourth-order valence-corrected chi connectivity index (χ4v) is 1.82. The normalized spacial score (nSPS) is 19.3. The van der Waals surface area contributed by atoms with Crippen molar-refractivity contribution in [2.24, 2.45) is 0 Å². The first kappa shape index (κ1) is 25.9. The van der Waals surface area contributed by atoms with Crippen molar-refractivity contribution >= 4 is 11.6 Å². The molecule has 0 heterocycles. The van der Waals surface area contributed by atoms with Crippen molar-refractivity contribution in [2.75, 3.05) is 0 Å². The molecule has 0 saturated carbocycles. The van der Waals surface area contributed by atoms with Crippen molar-refractivity contribution in [2.45, 2.75) is 48.1 Å². The maximum Gasteiger partial charge on any atom is 0.437 e. The quantitative estimate of drug-likeness (QED) is 0.398. The van der Waals surface area contributed by atoms with Gasteiger partial charge in [-0.1, -0.05) is 11.6 Å². The van der Waals surface area contributed by atoms with E-state index in [0.717, 1.165) is 0 Å². The van der Waals surface area contributed by atoms with Crippen LogP contribution >= 0.6 is 11.6 Å². The van der Waals surface area contributed by atoms with Gasteiger partial charge in [-0.15, -0.1) is 0 Å². The molecule has 0 aromatic carbocycles. The molecule has 162 valence electrons. The second-order valence-corrected chi connectivity index (χ2v) is 5.14. The Kier molecular flexibility index (Phi) is 6.78.